The predicted molar refractivity (Wildman–Crippen MR) is 102 cm³/mol. The van der Waals surface area contributed by atoms with Crippen LogP contribution in [-0.4, -0.2) is 63.8 Å². The van der Waals surface area contributed by atoms with Gasteiger partial charge in [0.1, 0.15) is 0 Å². The van der Waals surface area contributed by atoms with E-state index in [0.29, 0.717) is 13.0 Å². The average molecular weight is 413 g/mol. The minimum atomic E-state index is -4.84. The predicted octanol–water partition coefficient (Wildman–Crippen LogP) is 3.88. The zero-order chi connectivity index (χ0) is 21.7. The van der Waals surface area contributed by atoms with Gasteiger partial charge in [-0.1, -0.05) is 12.1 Å². The van der Waals surface area contributed by atoms with Gasteiger partial charge in [0, 0.05) is 30.4 Å². The molecule has 160 valence electrons. The summed E-state index contributed by atoms with van der Waals surface area (Å²) in [5, 5.41) is 9.57. The average Bonchev–Trinajstić information content (AvgIpc) is 3.19. The molecule has 2 aliphatic heterocycles. The molecule has 2 bridgehead atoms. The standard InChI is InChI=1S/C20H26F3N3O3/c1-12(26(18(28)29)19(2,3)4)13-5-7-14(8-6-13)24-10-16-9-15(24)11-25(16)17(27)20(21,22)23/h5-8,12,15-16H,9-11H2,1-4H3,(H,28,29)/t12-,15-,16-/m0/s1. The van der Waals surface area contributed by atoms with Crippen LogP contribution >= 0.6 is 0 Å². The fourth-order valence-corrected chi connectivity index (χ4v) is 4.52. The fourth-order valence-electron chi connectivity index (χ4n) is 4.52. The third-order valence-electron chi connectivity index (χ3n) is 5.77. The van der Waals surface area contributed by atoms with E-state index in [1.54, 1.807) is 0 Å². The van der Waals surface area contributed by atoms with Crippen molar-refractivity contribution in [1.29, 1.82) is 0 Å². The largest absolute Gasteiger partial charge is 0.471 e. The van der Waals surface area contributed by atoms with Crippen molar-refractivity contribution >= 4 is 17.7 Å². The summed E-state index contributed by atoms with van der Waals surface area (Å²) in [6.45, 7) is 7.76. The summed E-state index contributed by atoms with van der Waals surface area (Å²) in [7, 11) is 0. The van der Waals surface area contributed by atoms with Crippen molar-refractivity contribution in [3.63, 3.8) is 0 Å². The normalized spacial score (nSPS) is 22.7. The maximum atomic E-state index is 12.7. The molecule has 2 fully saturated rings. The maximum Gasteiger partial charge on any atom is 0.471 e. The third-order valence-corrected chi connectivity index (χ3v) is 5.77. The molecule has 3 rings (SSSR count). The molecule has 2 amide bonds. The Morgan fingerprint density at radius 3 is 2.10 bits per heavy atom. The summed E-state index contributed by atoms with van der Waals surface area (Å²) in [4.78, 5) is 27.6. The molecular weight excluding hydrogens is 387 g/mol. The molecule has 29 heavy (non-hydrogen) atoms. The van der Waals surface area contributed by atoms with Crippen molar-refractivity contribution in [2.24, 2.45) is 0 Å². The molecular formula is C20H26F3N3O3. The zero-order valence-electron chi connectivity index (χ0n) is 16.9. The second-order valence-electron chi connectivity index (χ2n) is 8.74. The number of fused-ring (bicyclic) bond motifs is 2. The van der Waals surface area contributed by atoms with Crippen LogP contribution in [0.2, 0.25) is 0 Å². The van der Waals surface area contributed by atoms with Crippen LogP contribution in [0.1, 0.15) is 45.7 Å². The molecule has 0 spiro atoms. The Labute approximate surface area is 167 Å². The molecule has 6 nitrogen and oxygen atoms in total. The van der Waals surface area contributed by atoms with E-state index in [1.165, 1.54) is 4.90 Å². The molecule has 2 aliphatic rings. The Balaban J connectivity index is 1.71. The number of alkyl halides is 3. The van der Waals surface area contributed by atoms with Gasteiger partial charge in [-0.3, -0.25) is 9.69 Å². The minimum absolute atomic E-state index is 0.0674. The highest BCUT2D eigenvalue weighted by molar-refractivity contribution is 5.83. The summed E-state index contributed by atoms with van der Waals surface area (Å²) in [5.41, 5.74) is 1.14. The lowest BCUT2D eigenvalue weighted by molar-refractivity contribution is -0.186. The van der Waals surface area contributed by atoms with Crippen LogP contribution in [0, 0.1) is 0 Å². The number of halogens is 3. The number of amides is 2. The van der Waals surface area contributed by atoms with E-state index in [4.69, 9.17) is 0 Å². The van der Waals surface area contributed by atoms with Crippen LogP contribution in [-0.2, 0) is 4.79 Å². The highest BCUT2D eigenvalue weighted by Crippen LogP contribution is 2.37. The molecule has 9 heteroatoms. The molecule has 1 aromatic carbocycles. The molecule has 0 aromatic heterocycles. The van der Waals surface area contributed by atoms with Crippen LogP contribution in [0.15, 0.2) is 24.3 Å². The van der Waals surface area contributed by atoms with Crippen molar-refractivity contribution in [2.45, 2.75) is 64.0 Å². The Kier molecular flexibility index (Phi) is 5.21. The molecule has 3 atom stereocenters. The van der Waals surface area contributed by atoms with Gasteiger partial charge in [0.15, 0.2) is 0 Å². The number of anilines is 1. The summed E-state index contributed by atoms with van der Waals surface area (Å²) in [5.74, 6) is -1.76. The fraction of sp³-hybridized carbons (Fsp3) is 0.600. The van der Waals surface area contributed by atoms with E-state index >= 15 is 0 Å². The SMILES string of the molecule is C[C@@H](c1ccc(N2C[C@@H]3C[C@H]2CN3C(=O)C(F)(F)F)cc1)N(C(=O)O)C(C)(C)C. The van der Waals surface area contributed by atoms with Crippen molar-refractivity contribution in [2.75, 3.05) is 18.0 Å². The summed E-state index contributed by atoms with van der Waals surface area (Å²) < 4.78 is 38.2. The van der Waals surface area contributed by atoms with Crippen LogP contribution in [0.5, 0.6) is 0 Å². The summed E-state index contributed by atoms with van der Waals surface area (Å²) in [6, 6.07) is 6.52. The van der Waals surface area contributed by atoms with E-state index in [9.17, 15) is 27.9 Å². The number of likely N-dealkylation sites (tertiary alicyclic amines) is 1. The van der Waals surface area contributed by atoms with Crippen LogP contribution in [0.4, 0.5) is 23.7 Å². The maximum absolute atomic E-state index is 12.7. The van der Waals surface area contributed by atoms with E-state index in [1.807, 2.05) is 56.9 Å². The number of hydrogen-bond acceptors (Lipinski definition) is 3. The van der Waals surface area contributed by atoms with E-state index in [-0.39, 0.29) is 18.6 Å². The van der Waals surface area contributed by atoms with Gasteiger partial charge in [0.05, 0.1) is 12.1 Å². The van der Waals surface area contributed by atoms with Gasteiger partial charge in [-0.2, -0.15) is 13.2 Å². The number of carbonyl (C=O) groups excluding carboxylic acids is 1. The van der Waals surface area contributed by atoms with Gasteiger partial charge in [-0.15, -0.1) is 0 Å². The molecule has 2 heterocycles. The first-order valence-corrected chi connectivity index (χ1v) is 9.57. The highest BCUT2D eigenvalue weighted by Gasteiger charge is 2.52. The van der Waals surface area contributed by atoms with Gasteiger partial charge in [-0.05, 0) is 51.8 Å². The first-order valence-electron chi connectivity index (χ1n) is 9.57. The third kappa shape index (κ3) is 4.00. The topological polar surface area (TPSA) is 64.1 Å². The lowest BCUT2D eigenvalue weighted by atomic mass is 9.99. The molecule has 2 saturated heterocycles. The first-order chi connectivity index (χ1) is 13.3. The molecule has 0 unspecified atom stereocenters. The first kappa shape index (κ1) is 21.3. The molecule has 1 N–H and O–H groups in total. The summed E-state index contributed by atoms with van der Waals surface area (Å²) >= 11 is 0. The van der Waals surface area contributed by atoms with Crippen molar-refractivity contribution < 1.29 is 27.9 Å². The number of piperazine rings is 1. The van der Waals surface area contributed by atoms with Crippen LogP contribution in [0.25, 0.3) is 0 Å². The Morgan fingerprint density at radius 1 is 1.10 bits per heavy atom. The van der Waals surface area contributed by atoms with Gasteiger partial charge in [0.25, 0.3) is 0 Å². The smallest absolute Gasteiger partial charge is 0.465 e. The van der Waals surface area contributed by atoms with Crippen molar-refractivity contribution in [3.8, 4) is 0 Å². The second-order valence-corrected chi connectivity index (χ2v) is 8.74. The quantitative estimate of drug-likeness (QED) is 0.817. The number of rotatable bonds is 3. The monoisotopic (exact) mass is 413 g/mol. The number of nitrogens with zero attached hydrogens (tertiary/aromatic N) is 3. The van der Waals surface area contributed by atoms with Gasteiger partial charge in [-0.25, -0.2) is 4.79 Å². The zero-order valence-corrected chi connectivity index (χ0v) is 16.9. The Morgan fingerprint density at radius 2 is 1.69 bits per heavy atom. The number of hydrogen-bond donors (Lipinski definition) is 1. The molecule has 1 aromatic rings. The van der Waals surface area contributed by atoms with E-state index in [0.717, 1.165) is 16.2 Å². The number of carbonyl (C=O) groups is 2. The van der Waals surface area contributed by atoms with Crippen molar-refractivity contribution in [3.05, 3.63) is 29.8 Å². The van der Waals surface area contributed by atoms with Crippen molar-refractivity contribution in [1.82, 2.24) is 9.80 Å². The molecule has 0 radical (unpaired) electrons. The second kappa shape index (κ2) is 7.11. The minimum Gasteiger partial charge on any atom is -0.465 e. The summed E-state index contributed by atoms with van der Waals surface area (Å²) in [6.07, 6.45) is -5.31. The van der Waals surface area contributed by atoms with E-state index < -0.39 is 29.8 Å². The Hall–Kier alpha value is -2.45. The molecule has 0 saturated carbocycles. The highest BCUT2D eigenvalue weighted by atomic mass is 19.4. The van der Waals surface area contributed by atoms with Gasteiger partial charge < -0.3 is 14.9 Å². The lowest BCUT2D eigenvalue weighted by Crippen LogP contribution is -2.52. The van der Waals surface area contributed by atoms with E-state index in [2.05, 4.69) is 0 Å². The lowest BCUT2D eigenvalue weighted by Gasteiger charge is -2.38. The number of carboxylic acid groups (broad SMARTS) is 1. The number of benzene rings is 1. The van der Waals surface area contributed by atoms with Crippen LogP contribution in [0.3, 0.4) is 0 Å². The van der Waals surface area contributed by atoms with Gasteiger partial charge in [0.2, 0.25) is 0 Å². The molecule has 0 aliphatic carbocycles. The van der Waals surface area contributed by atoms with Crippen LogP contribution < -0.4 is 4.90 Å². The Bertz CT molecular complexity index is 789. The van der Waals surface area contributed by atoms with Gasteiger partial charge >= 0.3 is 18.2 Å².